The lowest BCUT2D eigenvalue weighted by Crippen LogP contribution is -2.05. The fourth-order valence-corrected chi connectivity index (χ4v) is 2.37. The summed E-state index contributed by atoms with van der Waals surface area (Å²) in [6.07, 6.45) is 1.80. The van der Waals surface area contributed by atoms with E-state index in [2.05, 4.69) is 10.1 Å². The van der Waals surface area contributed by atoms with E-state index in [4.69, 9.17) is 4.74 Å². The fourth-order valence-electron chi connectivity index (χ4n) is 2.37. The lowest BCUT2D eigenvalue weighted by Gasteiger charge is -2.08. The summed E-state index contributed by atoms with van der Waals surface area (Å²) in [6, 6.07) is 9.49. The molecule has 0 spiro atoms. The molecule has 106 valence electrons. The third kappa shape index (κ3) is 2.16. The van der Waals surface area contributed by atoms with Crippen molar-refractivity contribution < 1.29 is 9.53 Å². The van der Waals surface area contributed by atoms with Gasteiger partial charge < -0.3 is 4.74 Å². The number of ether oxygens (including phenoxy) is 1. The number of esters is 1. The second-order valence-electron chi connectivity index (χ2n) is 4.83. The number of carbonyl (C=O) groups excluding carboxylic acids is 1. The van der Waals surface area contributed by atoms with Gasteiger partial charge in [-0.05, 0) is 24.6 Å². The third-order valence-electron chi connectivity index (χ3n) is 3.64. The molecule has 2 aromatic heterocycles. The molecule has 0 N–H and O–H groups in total. The topological polar surface area (TPSA) is 57.0 Å². The Hall–Kier alpha value is -2.69. The number of hydrogen-bond donors (Lipinski definition) is 0. The van der Waals surface area contributed by atoms with Crippen LogP contribution >= 0.6 is 0 Å². The van der Waals surface area contributed by atoms with Crippen LogP contribution in [0.2, 0.25) is 0 Å². The van der Waals surface area contributed by atoms with Gasteiger partial charge in [-0.1, -0.05) is 18.2 Å². The van der Waals surface area contributed by atoms with E-state index in [1.54, 1.807) is 12.3 Å². The van der Waals surface area contributed by atoms with Crippen LogP contribution in [0, 0.1) is 6.92 Å². The first kappa shape index (κ1) is 13.3. The Balaban J connectivity index is 2.34. The van der Waals surface area contributed by atoms with Gasteiger partial charge in [-0.15, -0.1) is 0 Å². The minimum Gasteiger partial charge on any atom is -0.464 e. The lowest BCUT2D eigenvalue weighted by atomic mass is 10.0. The van der Waals surface area contributed by atoms with Gasteiger partial charge in [-0.3, -0.25) is 4.68 Å². The van der Waals surface area contributed by atoms with Crippen LogP contribution in [0.25, 0.3) is 22.0 Å². The number of aryl methyl sites for hydroxylation is 1. The first-order valence-corrected chi connectivity index (χ1v) is 6.59. The quantitative estimate of drug-likeness (QED) is 0.678. The molecule has 0 unspecified atom stereocenters. The zero-order chi connectivity index (χ0) is 15.0. The zero-order valence-corrected chi connectivity index (χ0v) is 12.1. The second-order valence-corrected chi connectivity index (χ2v) is 4.83. The summed E-state index contributed by atoms with van der Waals surface area (Å²) in [5, 5.41) is 5.26. The highest BCUT2D eigenvalue weighted by Crippen LogP contribution is 2.30. The van der Waals surface area contributed by atoms with Crippen LogP contribution in [-0.4, -0.2) is 27.8 Å². The Morgan fingerprint density at radius 2 is 2.00 bits per heavy atom. The van der Waals surface area contributed by atoms with E-state index in [1.165, 1.54) is 7.11 Å². The molecule has 5 nitrogen and oxygen atoms in total. The Kier molecular flexibility index (Phi) is 3.17. The molecule has 0 saturated carbocycles. The summed E-state index contributed by atoms with van der Waals surface area (Å²) in [5.74, 6) is -0.441. The maximum absolute atomic E-state index is 11.8. The van der Waals surface area contributed by atoms with Crippen molar-refractivity contribution in [1.82, 2.24) is 14.8 Å². The fraction of sp³-hybridized carbons (Fsp3) is 0.188. The van der Waals surface area contributed by atoms with Gasteiger partial charge in [0.15, 0.2) is 0 Å². The summed E-state index contributed by atoms with van der Waals surface area (Å²) in [6.45, 7) is 2.00. The molecule has 0 aliphatic carbocycles. The van der Waals surface area contributed by atoms with Crippen molar-refractivity contribution in [2.45, 2.75) is 6.92 Å². The van der Waals surface area contributed by atoms with E-state index in [1.807, 2.05) is 42.9 Å². The van der Waals surface area contributed by atoms with Gasteiger partial charge in [-0.2, -0.15) is 5.10 Å². The van der Waals surface area contributed by atoms with Gasteiger partial charge in [0.1, 0.15) is 5.69 Å². The lowest BCUT2D eigenvalue weighted by molar-refractivity contribution is 0.0594. The van der Waals surface area contributed by atoms with Crippen LogP contribution in [-0.2, 0) is 11.8 Å². The van der Waals surface area contributed by atoms with E-state index < -0.39 is 5.97 Å². The molecule has 3 aromatic rings. The maximum Gasteiger partial charge on any atom is 0.356 e. The first-order chi connectivity index (χ1) is 10.1. The minimum atomic E-state index is -0.441. The smallest absolute Gasteiger partial charge is 0.356 e. The number of hydrogen-bond acceptors (Lipinski definition) is 4. The number of methoxy groups -OCH3 is 1. The highest BCUT2D eigenvalue weighted by molar-refractivity contribution is 5.99. The summed E-state index contributed by atoms with van der Waals surface area (Å²) in [4.78, 5) is 16.2. The SMILES string of the molecule is COC(=O)c1cc(-c2cnn(C)c2C)c2ccccc2n1. The summed E-state index contributed by atoms with van der Waals surface area (Å²) in [5.41, 5.74) is 4.02. The zero-order valence-electron chi connectivity index (χ0n) is 12.1. The number of fused-ring (bicyclic) bond motifs is 1. The van der Waals surface area contributed by atoms with Gasteiger partial charge in [0.25, 0.3) is 0 Å². The molecule has 21 heavy (non-hydrogen) atoms. The van der Waals surface area contributed by atoms with E-state index in [-0.39, 0.29) is 0 Å². The Labute approximate surface area is 122 Å². The van der Waals surface area contributed by atoms with Gasteiger partial charge in [0.2, 0.25) is 0 Å². The normalized spacial score (nSPS) is 10.8. The molecule has 0 atom stereocenters. The number of aromatic nitrogens is 3. The largest absolute Gasteiger partial charge is 0.464 e. The molecule has 0 amide bonds. The summed E-state index contributed by atoms with van der Waals surface area (Å²) < 4.78 is 6.60. The number of para-hydroxylation sites is 1. The van der Waals surface area contributed by atoms with Crippen LogP contribution in [0.1, 0.15) is 16.2 Å². The molecule has 0 bridgehead atoms. The molecule has 0 radical (unpaired) electrons. The summed E-state index contributed by atoms with van der Waals surface area (Å²) >= 11 is 0. The highest BCUT2D eigenvalue weighted by Gasteiger charge is 2.16. The van der Waals surface area contributed by atoms with Gasteiger partial charge >= 0.3 is 5.97 Å². The van der Waals surface area contributed by atoms with Gasteiger partial charge in [0.05, 0.1) is 18.8 Å². The van der Waals surface area contributed by atoms with Crippen molar-refractivity contribution in [1.29, 1.82) is 0 Å². The van der Waals surface area contributed by atoms with Crippen molar-refractivity contribution in [3.8, 4) is 11.1 Å². The molecular formula is C16H15N3O2. The minimum absolute atomic E-state index is 0.300. The van der Waals surface area contributed by atoms with Gasteiger partial charge in [0, 0.05) is 23.7 Å². The Bertz CT molecular complexity index is 837. The summed E-state index contributed by atoms with van der Waals surface area (Å²) in [7, 11) is 3.25. The van der Waals surface area contributed by atoms with Crippen LogP contribution < -0.4 is 0 Å². The standard InChI is InChI=1S/C16H15N3O2/c1-10-13(9-17-19(10)2)12-8-15(16(20)21-3)18-14-7-5-4-6-11(12)14/h4-9H,1-3H3. The van der Waals surface area contributed by atoms with Crippen molar-refractivity contribution in [3.63, 3.8) is 0 Å². The molecule has 5 heteroatoms. The maximum atomic E-state index is 11.8. The van der Waals surface area contributed by atoms with Crippen molar-refractivity contribution in [3.05, 3.63) is 47.9 Å². The van der Waals surface area contributed by atoms with Crippen molar-refractivity contribution >= 4 is 16.9 Å². The molecule has 0 aliphatic heterocycles. The van der Waals surface area contributed by atoms with Crippen LogP contribution in [0.4, 0.5) is 0 Å². The number of carbonyl (C=O) groups is 1. The van der Waals surface area contributed by atoms with Crippen molar-refractivity contribution in [2.24, 2.45) is 7.05 Å². The molecular weight excluding hydrogens is 266 g/mol. The highest BCUT2D eigenvalue weighted by atomic mass is 16.5. The molecule has 0 saturated heterocycles. The molecule has 1 aromatic carbocycles. The van der Waals surface area contributed by atoms with E-state index in [0.717, 1.165) is 27.7 Å². The monoisotopic (exact) mass is 281 g/mol. The molecule has 3 rings (SSSR count). The second kappa shape index (κ2) is 5.01. The third-order valence-corrected chi connectivity index (χ3v) is 3.64. The average Bonchev–Trinajstić information content (AvgIpc) is 2.85. The molecule has 0 fully saturated rings. The first-order valence-electron chi connectivity index (χ1n) is 6.59. The van der Waals surface area contributed by atoms with E-state index in [0.29, 0.717) is 5.69 Å². The molecule has 2 heterocycles. The predicted molar refractivity (Wildman–Crippen MR) is 80.0 cm³/mol. The van der Waals surface area contributed by atoms with Crippen LogP contribution in [0.5, 0.6) is 0 Å². The van der Waals surface area contributed by atoms with Crippen molar-refractivity contribution in [2.75, 3.05) is 7.11 Å². The Morgan fingerprint density at radius 1 is 1.24 bits per heavy atom. The van der Waals surface area contributed by atoms with E-state index >= 15 is 0 Å². The number of nitrogens with zero attached hydrogens (tertiary/aromatic N) is 3. The number of rotatable bonds is 2. The van der Waals surface area contributed by atoms with E-state index in [9.17, 15) is 4.79 Å². The predicted octanol–water partition coefficient (Wildman–Crippen LogP) is 2.73. The average molecular weight is 281 g/mol. The number of benzene rings is 1. The Morgan fingerprint density at radius 3 is 2.67 bits per heavy atom. The van der Waals surface area contributed by atoms with Gasteiger partial charge in [-0.25, -0.2) is 9.78 Å². The van der Waals surface area contributed by atoms with Crippen LogP contribution in [0.15, 0.2) is 36.5 Å². The number of pyridine rings is 1. The molecule has 0 aliphatic rings. The van der Waals surface area contributed by atoms with Crippen LogP contribution in [0.3, 0.4) is 0 Å².